The summed E-state index contributed by atoms with van der Waals surface area (Å²) in [6, 6.07) is 0. The van der Waals surface area contributed by atoms with Gasteiger partial charge in [0.2, 0.25) is 0 Å². The van der Waals surface area contributed by atoms with Crippen molar-refractivity contribution in [2.45, 2.75) is 31.6 Å². The van der Waals surface area contributed by atoms with Crippen molar-refractivity contribution in [3.8, 4) is 0 Å². The minimum absolute atomic E-state index is 0.623. The van der Waals surface area contributed by atoms with Crippen molar-refractivity contribution in [2.24, 2.45) is 0 Å². The average molecular weight is 230 g/mol. The molecule has 0 aromatic carbocycles. The Hall–Kier alpha value is -0.440. The summed E-state index contributed by atoms with van der Waals surface area (Å²) in [5.74, 6) is 0.623. The van der Waals surface area contributed by atoms with Crippen LogP contribution in [0.1, 0.15) is 37.2 Å². The van der Waals surface area contributed by atoms with Crippen molar-refractivity contribution >= 4 is 21.6 Å². The first-order valence-electron chi connectivity index (χ1n) is 4.31. The lowest BCUT2D eigenvalue weighted by Gasteiger charge is -2.07. The number of nitrogen functional groups attached to an aromatic ring is 1. The van der Waals surface area contributed by atoms with E-state index in [9.17, 15) is 0 Å². The van der Waals surface area contributed by atoms with Crippen molar-refractivity contribution in [1.82, 2.24) is 0 Å². The maximum atomic E-state index is 5.80. The molecule has 0 saturated heterocycles. The van der Waals surface area contributed by atoms with Crippen molar-refractivity contribution in [3.63, 3.8) is 0 Å². The minimum atomic E-state index is 0.623. The molecule has 0 atom stereocenters. The van der Waals surface area contributed by atoms with Crippen molar-refractivity contribution in [3.05, 3.63) is 16.5 Å². The highest BCUT2D eigenvalue weighted by molar-refractivity contribution is 9.10. The van der Waals surface area contributed by atoms with Gasteiger partial charge in [0.15, 0.2) is 4.67 Å². The smallest absolute Gasteiger partial charge is 0.174 e. The zero-order valence-electron chi connectivity index (χ0n) is 6.85. The van der Waals surface area contributed by atoms with Gasteiger partial charge in [-0.15, -0.1) is 0 Å². The van der Waals surface area contributed by atoms with E-state index in [-0.39, 0.29) is 0 Å². The molecular formula is C9H12BrNO. The first-order valence-corrected chi connectivity index (χ1v) is 5.10. The Balaban J connectivity index is 2.30. The van der Waals surface area contributed by atoms with Gasteiger partial charge in [0.25, 0.3) is 0 Å². The van der Waals surface area contributed by atoms with Gasteiger partial charge in [-0.3, -0.25) is 0 Å². The van der Waals surface area contributed by atoms with Gasteiger partial charge in [0.05, 0.1) is 5.69 Å². The molecular weight excluding hydrogens is 218 g/mol. The lowest BCUT2D eigenvalue weighted by atomic mass is 10.00. The third kappa shape index (κ3) is 1.26. The summed E-state index contributed by atoms with van der Waals surface area (Å²) in [4.78, 5) is 0. The minimum Gasteiger partial charge on any atom is -0.455 e. The van der Waals surface area contributed by atoms with E-state index in [0.29, 0.717) is 5.92 Å². The number of hydrogen-bond acceptors (Lipinski definition) is 2. The van der Waals surface area contributed by atoms with Gasteiger partial charge in [0, 0.05) is 5.56 Å². The highest BCUT2D eigenvalue weighted by Gasteiger charge is 2.23. The Bertz CT molecular complexity index is 257. The van der Waals surface area contributed by atoms with Crippen LogP contribution in [0.4, 0.5) is 5.69 Å². The fourth-order valence-electron chi connectivity index (χ4n) is 1.97. The molecule has 3 heteroatoms. The second-order valence-corrected chi connectivity index (χ2v) is 4.08. The van der Waals surface area contributed by atoms with Gasteiger partial charge in [-0.1, -0.05) is 12.8 Å². The van der Waals surface area contributed by atoms with Crippen LogP contribution in [-0.2, 0) is 0 Å². The van der Waals surface area contributed by atoms with E-state index < -0.39 is 0 Å². The third-order valence-electron chi connectivity index (χ3n) is 2.58. The SMILES string of the molecule is Nc1coc(Br)c1C1CCCC1. The standard InChI is InChI=1S/C9H12BrNO/c10-9-8(7(11)5-12-9)6-3-1-2-4-6/h5-6H,1-4,11H2. The van der Waals surface area contributed by atoms with Gasteiger partial charge >= 0.3 is 0 Å². The molecule has 0 spiro atoms. The number of anilines is 1. The quantitative estimate of drug-likeness (QED) is 0.803. The van der Waals surface area contributed by atoms with Crippen LogP contribution >= 0.6 is 15.9 Å². The van der Waals surface area contributed by atoms with E-state index in [1.807, 2.05) is 0 Å². The normalized spacial score (nSPS) is 18.8. The summed E-state index contributed by atoms with van der Waals surface area (Å²) < 4.78 is 6.03. The predicted octanol–water partition coefficient (Wildman–Crippen LogP) is 3.28. The maximum absolute atomic E-state index is 5.80. The molecule has 1 aliphatic rings. The zero-order valence-corrected chi connectivity index (χ0v) is 8.43. The number of hydrogen-bond donors (Lipinski definition) is 1. The fourth-order valence-corrected chi connectivity index (χ4v) is 2.61. The van der Waals surface area contributed by atoms with Gasteiger partial charge in [-0.2, -0.15) is 0 Å². The number of nitrogens with two attached hydrogens (primary N) is 1. The number of rotatable bonds is 1. The maximum Gasteiger partial charge on any atom is 0.174 e. The molecule has 1 fully saturated rings. The van der Waals surface area contributed by atoms with E-state index in [1.54, 1.807) is 6.26 Å². The molecule has 1 aromatic heterocycles. The lowest BCUT2D eigenvalue weighted by Crippen LogP contribution is -1.95. The van der Waals surface area contributed by atoms with Gasteiger partial charge in [-0.05, 0) is 34.7 Å². The molecule has 0 amide bonds. The average Bonchev–Trinajstić information content (AvgIpc) is 2.61. The molecule has 0 unspecified atom stereocenters. The summed E-state index contributed by atoms with van der Waals surface area (Å²) in [6.45, 7) is 0. The topological polar surface area (TPSA) is 39.2 Å². The first-order chi connectivity index (χ1) is 5.79. The first kappa shape index (κ1) is 8.17. The number of furan rings is 1. The van der Waals surface area contributed by atoms with Crippen LogP contribution in [0, 0.1) is 0 Å². The largest absolute Gasteiger partial charge is 0.455 e. The van der Waals surface area contributed by atoms with Crippen LogP contribution in [0.15, 0.2) is 15.3 Å². The van der Waals surface area contributed by atoms with Crippen LogP contribution in [-0.4, -0.2) is 0 Å². The molecule has 0 aliphatic heterocycles. The lowest BCUT2D eigenvalue weighted by molar-refractivity contribution is 0.531. The Morgan fingerprint density at radius 3 is 2.58 bits per heavy atom. The molecule has 1 aliphatic carbocycles. The summed E-state index contributed by atoms with van der Waals surface area (Å²) in [6.07, 6.45) is 6.77. The monoisotopic (exact) mass is 229 g/mol. The fraction of sp³-hybridized carbons (Fsp3) is 0.556. The molecule has 2 nitrogen and oxygen atoms in total. The van der Waals surface area contributed by atoms with Crippen molar-refractivity contribution < 1.29 is 4.42 Å². The number of halogens is 1. The molecule has 1 heterocycles. The van der Waals surface area contributed by atoms with E-state index in [1.165, 1.54) is 31.2 Å². The van der Waals surface area contributed by atoms with E-state index in [2.05, 4.69) is 15.9 Å². The van der Waals surface area contributed by atoms with Gasteiger partial charge < -0.3 is 10.2 Å². The van der Waals surface area contributed by atoms with Crippen molar-refractivity contribution in [1.29, 1.82) is 0 Å². The Kier molecular flexibility index (Phi) is 2.13. The highest BCUT2D eigenvalue weighted by atomic mass is 79.9. The van der Waals surface area contributed by atoms with Gasteiger partial charge in [-0.25, -0.2) is 0 Å². The van der Waals surface area contributed by atoms with Crippen LogP contribution < -0.4 is 5.73 Å². The van der Waals surface area contributed by atoms with Crippen LogP contribution in [0.3, 0.4) is 0 Å². The van der Waals surface area contributed by atoms with Crippen LogP contribution in [0.5, 0.6) is 0 Å². The molecule has 0 radical (unpaired) electrons. The van der Waals surface area contributed by atoms with Crippen LogP contribution in [0.25, 0.3) is 0 Å². The second-order valence-electron chi connectivity index (χ2n) is 3.36. The Morgan fingerprint density at radius 2 is 2.08 bits per heavy atom. The molecule has 2 rings (SSSR count). The molecule has 12 heavy (non-hydrogen) atoms. The van der Waals surface area contributed by atoms with Crippen molar-refractivity contribution in [2.75, 3.05) is 5.73 Å². The Morgan fingerprint density at radius 1 is 1.42 bits per heavy atom. The molecule has 66 valence electrons. The molecule has 1 aromatic rings. The van der Waals surface area contributed by atoms with Gasteiger partial charge in [0.1, 0.15) is 6.26 Å². The highest BCUT2D eigenvalue weighted by Crippen LogP contribution is 2.41. The van der Waals surface area contributed by atoms with Crippen LogP contribution in [0.2, 0.25) is 0 Å². The van der Waals surface area contributed by atoms with E-state index in [4.69, 9.17) is 10.2 Å². The third-order valence-corrected chi connectivity index (χ3v) is 3.19. The summed E-state index contributed by atoms with van der Waals surface area (Å²) in [5, 5.41) is 0. The summed E-state index contributed by atoms with van der Waals surface area (Å²) in [5.41, 5.74) is 7.78. The van der Waals surface area contributed by atoms with E-state index in [0.717, 1.165) is 10.4 Å². The molecule has 0 bridgehead atoms. The predicted molar refractivity (Wildman–Crippen MR) is 52.0 cm³/mol. The second kappa shape index (κ2) is 3.13. The Labute approximate surface area is 80.3 Å². The molecule has 1 saturated carbocycles. The zero-order chi connectivity index (χ0) is 8.55. The summed E-state index contributed by atoms with van der Waals surface area (Å²) >= 11 is 3.38. The summed E-state index contributed by atoms with van der Waals surface area (Å²) in [7, 11) is 0. The molecule has 2 N–H and O–H groups in total. The van der Waals surface area contributed by atoms with E-state index >= 15 is 0 Å².